The van der Waals surface area contributed by atoms with Crippen LogP contribution in [0.1, 0.15) is 11.5 Å². The predicted octanol–water partition coefficient (Wildman–Crippen LogP) is 0.297. The number of hydrogen-bond acceptors (Lipinski definition) is 3. The summed E-state index contributed by atoms with van der Waals surface area (Å²) < 4.78 is 7.05. The molecular formula is C8H15N3O. The zero-order valence-electron chi connectivity index (χ0n) is 7.58. The number of nitrogens with zero attached hydrogens (tertiary/aromatic N) is 2. The van der Waals surface area contributed by atoms with E-state index >= 15 is 0 Å². The molecule has 68 valence electrons. The Morgan fingerprint density at radius 1 is 1.67 bits per heavy atom. The lowest BCUT2D eigenvalue weighted by Gasteiger charge is -2.07. The second-order valence-electron chi connectivity index (χ2n) is 2.65. The van der Waals surface area contributed by atoms with Crippen LogP contribution in [0, 0.1) is 6.92 Å². The standard InChI is InChI=1S/C8H15N3O/c1-7-10-6-8(5-9)11(7)3-4-12-2/h6H,3-5,9H2,1-2H3. The predicted molar refractivity (Wildman–Crippen MR) is 46.7 cm³/mol. The Hall–Kier alpha value is -0.870. The molecule has 0 saturated heterocycles. The normalized spacial score (nSPS) is 10.6. The van der Waals surface area contributed by atoms with Crippen molar-refractivity contribution in [3.8, 4) is 0 Å². The zero-order chi connectivity index (χ0) is 8.97. The molecule has 0 aromatic carbocycles. The number of rotatable bonds is 4. The fraction of sp³-hybridized carbons (Fsp3) is 0.625. The number of hydrogen-bond donors (Lipinski definition) is 1. The van der Waals surface area contributed by atoms with Crippen LogP contribution in [0.25, 0.3) is 0 Å². The smallest absolute Gasteiger partial charge is 0.105 e. The van der Waals surface area contributed by atoms with Crippen molar-refractivity contribution in [2.75, 3.05) is 13.7 Å². The summed E-state index contributed by atoms with van der Waals surface area (Å²) in [7, 11) is 1.69. The van der Waals surface area contributed by atoms with E-state index in [9.17, 15) is 0 Å². The molecule has 4 heteroatoms. The number of aryl methyl sites for hydroxylation is 1. The van der Waals surface area contributed by atoms with Gasteiger partial charge in [-0.05, 0) is 6.92 Å². The highest BCUT2D eigenvalue weighted by molar-refractivity contribution is 5.03. The first-order chi connectivity index (χ1) is 5.79. The fourth-order valence-electron chi connectivity index (χ4n) is 1.17. The Morgan fingerprint density at radius 2 is 2.42 bits per heavy atom. The van der Waals surface area contributed by atoms with Crippen LogP contribution in [0.2, 0.25) is 0 Å². The minimum Gasteiger partial charge on any atom is -0.383 e. The highest BCUT2D eigenvalue weighted by Gasteiger charge is 2.03. The average Bonchev–Trinajstić information content (AvgIpc) is 2.43. The molecular weight excluding hydrogens is 154 g/mol. The molecule has 1 aromatic rings. The van der Waals surface area contributed by atoms with Crippen molar-refractivity contribution in [1.82, 2.24) is 9.55 Å². The van der Waals surface area contributed by atoms with Gasteiger partial charge in [0.15, 0.2) is 0 Å². The molecule has 0 unspecified atom stereocenters. The van der Waals surface area contributed by atoms with E-state index in [1.807, 2.05) is 13.1 Å². The van der Waals surface area contributed by atoms with Gasteiger partial charge in [0, 0.05) is 26.4 Å². The molecule has 0 aliphatic carbocycles. The summed E-state index contributed by atoms with van der Waals surface area (Å²) in [5, 5.41) is 0. The van der Waals surface area contributed by atoms with E-state index < -0.39 is 0 Å². The Morgan fingerprint density at radius 3 is 3.00 bits per heavy atom. The number of methoxy groups -OCH3 is 1. The van der Waals surface area contributed by atoms with Crippen molar-refractivity contribution in [3.05, 3.63) is 17.7 Å². The number of imidazole rings is 1. The van der Waals surface area contributed by atoms with Crippen LogP contribution < -0.4 is 5.73 Å². The molecule has 12 heavy (non-hydrogen) atoms. The Balaban J connectivity index is 2.72. The second-order valence-corrected chi connectivity index (χ2v) is 2.65. The lowest BCUT2D eigenvalue weighted by molar-refractivity contribution is 0.185. The van der Waals surface area contributed by atoms with E-state index in [0.717, 1.165) is 18.1 Å². The second kappa shape index (κ2) is 4.23. The molecule has 0 aliphatic rings. The molecule has 0 aliphatic heterocycles. The maximum atomic E-state index is 5.53. The highest BCUT2D eigenvalue weighted by atomic mass is 16.5. The van der Waals surface area contributed by atoms with Gasteiger partial charge in [-0.2, -0.15) is 0 Å². The largest absolute Gasteiger partial charge is 0.383 e. The molecule has 0 spiro atoms. The third-order valence-corrected chi connectivity index (χ3v) is 1.87. The molecule has 0 radical (unpaired) electrons. The van der Waals surface area contributed by atoms with Crippen molar-refractivity contribution < 1.29 is 4.74 Å². The first-order valence-corrected chi connectivity index (χ1v) is 3.99. The van der Waals surface area contributed by atoms with Crippen LogP contribution in [-0.2, 0) is 17.8 Å². The van der Waals surface area contributed by atoms with Crippen molar-refractivity contribution in [2.45, 2.75) is 20.0 Å². The summed E-state index contributed by atoms with van der Waals surface area (Å²) in [4.78, 5) is 4.17. The van der Waals surface area contributed by atoms with Crippen molar-refractivity contribution in [3.63, 3.8) is 0 Å². The van der Waals surface area contributed by atoms with E-state index in [2.05, 4.69) is 9.55 Å². The summed E-state index contributed by atoms with van der Waals surface area (Å²) in [5.74, 6) is 0.993. The fourth-order valence-corrected chi connectivity index (χ4v) is 1.17. The first-order valence-electron chi connectivity index (χ1n) is 3.99. The van der Waals surface area contributed by atoms with Gasteiger partial charge in [0.1, 0.15) is 5.82 Å². The topological polar surface area (TPSA) is 53.1 Å². The molecule has 0 saturated carbocycles. The van der Waals surface area contributed by atoms with Gasteiger partial charge in [-0.25, -0.2) is 4.98 Å². The number of nitrogens with two attached hydrogens (primary N) is 1. The van der Waals surface area contributed by atoms with Crippen LogP contribution >= 0.6 is 0 Å². The van der Waals surface area contributed by atoms with E-state index in [1.165, 1.54) is 0 Å². The zero-order valence-corrected chi connectivity index (χ0v) is 7.58. The average molecular weight is 169 g/mol. The lowest BCUT2D eigenvalue weighted by atomic mass is 10.4. The molecule has 0 fully saturated rings. The van der Waals surface area contributed by atoms with Gasteiger partial charge in [-0.1, -0.05) is 0 Å². The van der Waals surface area contributed by atoms with Crippen LogP contribution in [-0.4, -0.2) is 23.3 Å². The Labute approximate surface area is 72.3 Å². The van der Waals surface area contributed by atoms with Gasteiger partial charge in [-0.15, -0.1) is 0 Å². The van der Waals surface area contributed by atoms with Gasteiger partial charge < -0.3 is 15.0 Å². The monoisotopic (exact) mass is 169 g/mol. The van der Waals surface area contributed by atoms with Gasteiger partial charge in [0.2, 0.25) is 0 Å². The lowest BCUT2D eigenvalue weighted by Crippen LogP contribution is -2.11. The summed E-state index contributed by atoms with van der Waals surface area (Å²) >= 11 is 0. The van der Waals surface area contributed by atoms with Crippen molar-refractivity contribution in [2.24, 2.45) is 5.73 Å². The summed E-state index contributed by atoms with van der Waals surface area (Å²) in [6, 6.07) is 0. The molecule has 0 amide bonds. The Kier molecular flexibility index (Phi) is 3.25. The number of aromatic nitrogens is 2. The Bertz CT molecular complexity index is 244. The molecule has 4 nitrogen and oxygen atoms in total. The number of ether oxygens (including phenoxy) is 1. The van der Waals surface area contributed by atoms with Gasteiger partial charge in [0.25, 0.3) is 0 Å². The first kappa shape index (κ1) is 9.22. The third-order valence-electron chi connectivity index (χ3n) is 1.87. The summed E-state index contributed by atoms with van der Waals surface area (Å²) in [6.07, 6.45) is 1.81. The van der Waals surface area contributed by atoms with Crippen molar-refractivity contribution >= 4 is 0 Å². The molecule has 1 aromatic heterocycles. The highest BCUT2D eigenvalue weighted by Crippen LogP contribution is 2.03. The molecule has 1 rings (SSSR count). The van der Waals surface area contributed by atoms with Gasteiger partial charge in [-0.3, -0.25) is 0 Å². The molecule has 0 bridgehead atoms. The van der Waals surface area contributed by atoms with Crippen LogP contribution in [0.4, 0.5) is 0 Å². The van der Waals surface area contributed by atoms with Crippen LogP contribution in [0.5, 0.6) is 0 Å². The maximum Gasteiger partial charge on any atom is 0.105 e. The molecule has 2 N–H and O–H groups in total. The summed E-state index contributed by atoms with van der Waals surface area (Å²) in [5.41, 5.74) is 6.59. The van der Waals surface area contributed by atoms with Gasteiger partial charge >= 0.3 is 0 Å². The minimum atomic E-state index is 0.532. The third kappa shape index (κ3) is 1.84. The molecule has 1 heterocycles. The minimum absolute atomic E-state index is 0.532. The van der Waals surface area contributed by atoms with Crippen LogP contribution in [0.3, 0.4) is 0 Å². The van der Waals surface area contributed by atoms with Crippen LogP contribution in [0.15, 0.2) is 6.20 Å². The van der Waals surface area contributed by atoms with E-state index in [-0.39, 0.29) is 0 Å². The van der Waals surface area contributed by atoms with Crippen molar-refractivity contribution in [1.29, 1.82) is 0 Å². The SMILES string of the molecule is COCCn1c(CN)cnc1C. The summed E-state index contributed by atoms with van der Waals surface area (Å²) in [6.45, 7) is 4.03. The van der Waals surface area contributed by atoms with E-state index in [1.54, 1.807) is 7.11 Å². The van der Waals surface area contributed by atoms with E-state index in [0.29, 0.717) is 13.2 Å². The maximum absolute atomic E-state index is 5.53. The van der Waals surface area contributed by atoms with E-state index in [4.69, 9.17) is 10.5 Å². The molecule has 0 atom stereocenters. The van der Waals surface area contributed by atoms with Gasteiger partial charge in [0.05, 0.1) is 12.3 Å². The quantitative estimate of drug-likeness (QED) is 0.705.